The number of ether oxygens (including phenoxy) is 1. The Hall–Kier alpha value is -1.75. The highest BCUT2D eigenvalue weighted by Gasteiger charge is 2.38. The lowest BCUT2D eigenvalue weighted by molar-refractivity contribution is 0.0600. The summed E-state index contributed by atoms with van der Waals surface area (Å²) in [4.78, 5) is 17.1. The molecule has 1 unspecified atom stereocenters. The molecule has 0 bridgehead atoms. The zero-order valence-electron chi connectivity index (χ0n) is 13.0. The number of carbonyl (C=O) groups excluding carboxylic acids is 1. The lowest BCUT2D eigenvalue weighted by atomic mass is 9.90. The van der Waals surface area contributed by atoms with Crippen molar-refractivity contribution in [2.45, 2.75) is 33.2 Å². The van der Waals surface area contributed by atoms with Crippen LogP contribution in [-0.2, 0) is 4.74 Å². The Morgan fingerprint density at radius 1 is 1.43 bits per heavy atom. The van der Waals surface area contributed by atoms with Gasteiger partial charge in [-0.1, -0.05) is 32.1 Å². The van der Waals surface area contributed by atoms with Crippen molar-refractivity contribution in [1.29, 1.82) is 0 Å². The minimum Gasteiger partial charge on any atom is -0.465 e. The molecule has 112 valence electrons. The number of nitrogens with one attached hydrogen (secondary N) is 1. The van der Waals surface area contributed by atoms with Gasteiger partial charge in [0.1, 0.15) is 16.4 Å². The lowest BCUT2D eigenvalue weighted by Crippen LogP contribution is -2.39. The lowest BCUT2D eigenvalue weighted by Gasteiger charge is -2.24. The molecular weight excluding hydrogens is 284 g/mol. The van der Waals surface area contributed by atoms with Crippen molar-refractivity contribution in [1.82, 2.24) is 5.32 Å². The molecule has 0 saturated carbocycles. The Bertz CT molecular complexity index is 637. The van der Waals surface area contributed by atoms with Crippen LogP contribution in [0.3, 0.4) is 0 Å². The highest BCUT2D eigenvalue weighted by atomic mass is 32.1. The number of methoxy groups -OCH3 is 1. The fourth-order valence-electron chi connectivity index (χ4n) is 2.24. The van der Waals surface area contributed by atoms with Gasteiger partial charge >= 0.3 is 5.97 Å². The second kappa shape index (κ2) is 5.56. The summed E-state index contributed by atoms with van der Waals surface area (Å²) in [6.45, 7) is 8.19. The molecule has 1 atom stereocenters. The van der Waals surface area contributed by atoms with E-state index in [0.717, 1.165) is 22.0 Å². The number of benzene rings is 1. The Kier molecular flexibility index (Phi) is 4.14. The molecule has 21 heavy (non-hydrogen) atoms. The zero-order valence-corrected chi connectivity index (χ0v) is 13.8. The third-order valence-corrected chi connectivity index (χ3v) is 4.58. The average molecular weight is 304 g/mol. The van der Waals surface area contributed by atoms with Gasteiger partial charge in [0, 0.05) is 5.56 Å². The summed E-state index contributed by atoms with van der Waals surface area (Å²) in [5, 5.41) is 3.21. The monoisotopic (exact) mass is 304 g/mol. The first-order valence-electron chi connectivity index (χ1n) is 6.90. The molecule has 1 N–H and O–H groups in total. The second-order valence-corrected chi connectivity index (χ2v) is 6.15. The predicted molar refractivity (Wildman–Crippen MR) is 88.0 cm³/mol. The summed E-state index contributed by atoms with van der Waals surface area (Å²) < 4.78 is 4.73. The van der Waals surface area contributed by atoms with Crippen LogP contribution in [0.4, 0.5) is 0 Å². The van der Waals surface area contributed by atoms with E-state index in [1.54, 1.807) is 12.1 Å². The van der Waals surface area contributed by atoms with Gasteiger partial charge in [0.25, 0.3) is 0 Å². The summed E-state index contributed by atoms with van der Waals surface area (Å²) in [7, 11) is 1.38. The van der Waals surface area contributed by atoms with E-state index in [4.69, 9.17) is 21.9 Å². The van der Waals surface area contributed by atoms with E-state index < -0.39 is 0 Å². The second-order valence-electron chi connectivity index (χ2n) is 5.74. The highest BCUT2D eigenvalue weighted by Crippen LogP contribution is 2.28. The first-order chi connectivity index (χ1) is 9.79. The predicted octanol–water partition coefficient (Wildman–Crippen LogP) is 2.87. The Balaban J connectivity index is 2.40. The van der Waals surface area contributed by atoms with Crippen molar-refractivity contribution in [3.63, 3.8) is 0 Å². The first kappa shape index (κ1) is 15.6. The van der Waals surface area contributed by atoms with E-state index in [0.29, 0.717) is 11.5 Å². The minimum absolute atomic E-state index is 0.310. The molecule has 0 aromatic heterocycles. The minimum atomic E-state index is -0.377. The normalized spacial score (nSPS) is 21.2. The quantitative estimate of drug-likeness (QED) is 0.689. The number of aliphatic imine (C=N–C) groups is 1. The van der Waals surface area contributed by atoms with Gasteiger partial charge in [-0.05, 0) is 37.5 Å². The van der Waals surface area contributed by atoms with E-state index in [-0.39, 0.29) is 11.5 Å². The molecule has 4 nitrogen and oxygen atoms in total. The van der Waals surface area contributed by atoms with Gasteiger partial charge in [0.05, 0.1) is 12.7 Å². The fourth-order valence-corrected chi connectivity index (χ4v) is 2.62. The molecule has 0 saturated heterocycles. The van der Waals surface area contributed by atoms with Crippen LogP contribution < -0.4 is 5.32 Å². The molecule has 0 amide bonds. The maximum atomic E-state index is 11.6. The number of esters is 1. The molecule has 1 aliphatic heterocycles. The molecule has 1 aromatic carbocycles. The number of aryl methyl sites for hydroxylation is 1. The third-order valence-electron chi connectivity index (χ3n) is 4.06. The molecule has 0 fully saturated rings. The molecule has 2 rings (SSSR count). The van der Waals surface area contributed by atoms with E-state index in [1.807, 2.05) is 19.9 Å². The average Bonchev–Trinajstić information content (AvgIpc) is 2.74. The van der Waals surface area contributed by atoms with Gasteiger partial charge < -0.3 is 10.1 Å². The number of carbonyl (C=O) groups is 1. The number of nitrogens with zero attached hydrogens (tertiary/aromatic N) is 1. The molecule has 0 spiro atoms. The smallest absolute Gasteiger partial charge is 0.337 e. The standard InChI is InChI=1S/C16H20N2O2S/c1-9(2)16(4)15(21)17-13(18-16)12-7-6-11(8-10(12)3)14(19)20-5/h6-9H,1-5H3,(H,17,18,21). The summed E-state index contributed by atoms with van der Waals surface area (Å²) in [6.07, 6.45) is 0. The largest absolute Gasteiger partial charge is 0.465 e. The van der Waals surface area contributed by atoms with Crippen molar-refractivity contribution in [2.75, 3.05) is 7.11 Å². The van der Waals surface area contributed by atoms with E-state index in [1.165, 1.54) is 7.11 Å². The molecule has 5 heteroatoms. The molecular formula is C16H20N2O2S. The summed E-state index contributed by atoms with van der Waals surface area (Å²) in [6, 6.07) is 5.42. The number of hydrogen-bond acceptors (Lipinski definition) is 4. The molecule has 1 aliphatic rings. The Morgan fingerprint density at radius 3 is 2.57 bits per heavy atom. The number of amidine groups is 1. The van der Waals surface area contributed by atoms with Crippen molar-refractivity contribution in [2.24, 2.45) is 10.9 Å². The number of thiocarbonyl (C=S) groups is 1. The van der Waals surface area contributed by atoms with Crippen LogP contribution in [0, 0.1) is 12.8 Å². The molecule has 0 radical (unpaired) electrons. The first-order valence-corrected chi connectivity index (χ1v) is 7.31. The van der Waals surface area contributed by atoms with Gasteiger partial charge in [0.2, 0.25) is 0 Å². The van der Waals surface area contributed by atoms with Crippen molar-refractivity contribution < 1.29 is 9.53 Å². The van der Waals surface area contributed by atoms with Crippen molar-refractivity contribution in [3.8, 4) is 0 Å². The number of hydrogen-bond donors (Lipinski definition) is 1. The molecule has 1 heterocycles. The Morgan fingerprint density at radius 2 is 2.10 bits per heavy atom. The maximum Gasteiger partial charge on any atom is 0.337 e. The van der Waals surface area contributed by atoms with Crippen LogP contribution in [0.1, 0.15) is 42.3 Å². The van der Waals surface area contributed by atoms with Crippen LogP contribution in [0.5, 0.6) is 0 Å². The van der Waals surface area contributed by atoms with Crippen molar-refractivity contribution in [3.05, 3.63) is 34.9 Å². The van der Waals surface area contributed by atoms with Gasteiger partial charge in [-0.15, -0.1) is 0 Å². The third kappa shape index (κ3) is 2.70. The van der Waals surface area contributed by atoms with E-state index in [2.05, 4.69) is 19.2 Å². The molecule has 1 aromatic rings. The van der Waals surface area contributed by atoms with Crippen molar-refractivity contribution >= 4 is 29.0 Å². The van der Waals surface area contributed by atoms with Crippen LogP contribution in [0.2, 0.25) is 0 Å². The van der Waals surface area contributed by atoms with Crippen LogP contribution in [-0.4, -0.2) is 29.4 Å². The summed E-state index contributed by atoms with van der Waals surface area (Å²) in [5.74, 6) is 0.739. The zero-order chi connectivity index (χ0) is 15.8. The van der Waals surface area contributed by atoms with Gasteiger partial charge in [-0.3, -0.25) is 4.99 Å². The maximum absolute atomic E-state index is 11.6. The van der Waals surface area contributed by atoms with Gasteiger partial charge in [-0.2, -0.15) is 0 Å². The topological polar surface area (TPSA) is 50.7 Å². The van der Waals surface area contributed by atoms with Crippen LogP contribution in [0.25, 0.3) is 0 Å². The SMILES string of the molecule is COC(=O)c1ccc(C2=NC(C)(C(C)C)C(=S)N2)c(C)c1. The summed E-state index contributed by atoms with van der Waals surface area (Å²) >= 11 is 5.44. The van der Waals surface area contributed by atoms with Crippen LogP contribution in [0.15, 0.2) is 23.2 Å². The summed E-state index contributed by atoms with van der Waals surface area (Å²) in [5.41, 5.74) is 2.07. The Labute approximate surface area is 130 Å². The van der Waals surface area contributed by atoms with Crippen LogP contribution >= 0.6 is 12.2 Å². The van der Waals surface area contributed by atoms with E-state index >= 15 is 0 Å². The molecule has 0 aliphatic carbocycles. The van der Waals surface area contributed by atoms with Gasteiger partial charge in [0.15, 0.2) is 0 Å². The van der Waals surface area contributed by atoms with E-state index in [9.17, 15) is 4.79 Å². The van der Waals surface area contributed by atoms with Gasteiger partial charge in [-0.25, -0.2) is 4.79 Å². The highest BCUT2D eigenvalue weighted by molar-refractivity contribution is 7.80. The fraction of sp³-hybridized carbons (Fsp3) is 0.438. The number of rotatable bonds is 3.